The summed E-state index contributed by atoms with van der Waals surface area (Å²) >= 11 is 1.78. The second kappa shape index (κ2) is 7.88. The number of hydrogen-bond acceptors (Lipinski definition) is 5. The van der Waals surface area contributed by atoms with E-state index in [1.54, 1.807) is 20.9 Å². The molecule has 6 nitrogen and oxygen atoms in total. The van der Waals surface area contributed by atoms with Crippen molar-refractivity contribution < 1.29 is 4.79 Å². The maximum Gasteiger partial charge on any atom is 0.244 e. The number of piperidine rings is 1. The minimum atomic E-state index is 0.0783. The molecule has 7 heteroatoms. The number of amides is 1. The molecule has 1 N–H and O–H groups in total. The highest BCUT2D eigenvalue weighted by Gasteiger charge is 2.20. The van der Waals surface area contributed by atoms with Crippen LogP contribution in [0.1, 0.15) is 52.9 Å². The first-order chi connectivity index (χ1) is 12.7. The highest BCUT2D eigenvalue weighted by Crippen LogP contribution is 2.27. The highest BCUT2D eigenvalue weighted by molar-refractivity contribution is 7.11. The first-order valence-corrected chi connectivity index (χ1v) is 10.5. The predicted molar refractivity (Wildman–Crippen MR) is 102 cm³/mol. The minimum absolute atomic E-state index is 0.0783. The first kappa shape index (κ1) is 17.7. The number of aromatic nitrogens is 3. The molecular weight excluding hydrogens is 346 g/mol. The van der Waals surface area contributed by atoms with Gasteiger partial charge in [0.05, 0.1) is 17.9 Å². The Morgan fingerprint density at radius 1 is 1.38 bits per heavy atom. The van der Waals surface area contributed by atoms with Gasteiger partial charge in [0.15, 0.2) is 0 Å². The first-order valence-electron chi connectivity index (χ1n) is 9.64. The van der Waals surface area contributed by atoms with E-state index in [2.05, 4.69) is 16.5 Å². The van der Waals surface area contributed by atoms with Gasteiger partial charge in [0.25, 0.3) is 0 Å². The predicted octanol–water partition coefficient (Wildman–Crippen LogP) is 2.34. The van der Waals surface area contributed by atoms with Gasteiger partial charge in [-0.3, -0.25) is 9.48 Å². The molecule has 1 amide bonds. The lowest BCUT2D eigenvalue weighted by molar-refractivity contribution is -0.131. The van der Waals surface area contributed by atoms with Gasteiger partial charge in [-0.1, -0.05) is 0 Å². The second-order valence-electron chi connectivity index (χ2n) is 7.42. The quantitative estimate of drug-likeness (QED) is 0.874. The number of thiazole rings is 1. The van der Waals surface area contributed by atoms with Crippen molar-refractivity contribution in [1.29, 1.82) is 0 Å². The fraction of sp³-hybridized carbons (Fsp3) is 0.632. The van der Waals surface area contributed by atoms with Crippen LogP contribution in [-0.2, 0) is 30.7 Å². The largest absolute Gasteiger partial charge is 0.337 e. The van der Waals surface area contributed by atoms with E-state index in [-0.39, 0.29) is 5.91 Å². The van der Waals surface area contributed by atoms with Crippen molar-refractivity contribution in [2.24, 2.45) is 0 Å². The van der Waals surface area contributed by atoms with E-state index < -0.39 is 0 Å². The summed E-state index contributed by atoms with van der Waals surface area (Å²) in [6, 6.07) is 2.06. The van der Waals surface area contributed by atoms with Gasteiger partial charge < -0.3 is 10.2 Å². The number of likely N-dealkylation sites (N-methyl/N-ethyl adjacent to an activating group) is 1. The Labute approximate surface area is 158 Å². The Morgan fingerprint density at radius 2 is 2.27 bits per heavy atom. The van der Waals surface area contributed by atoms with E-state index in [1.165, 1.54) is 36.3 Å². The van der Waals surface area contributed by atoms with Crippen LogP contribution in [0.4, 0.5) is 0 Å². The zero-order chi connectivity index (χ0) is 17.9. The molecular formula is C19H27N5OS. The minimum Gasteiger partial charge on any atom is -0.337 e. The monoisotopic (exact) mass is 373 g/mol. The van der Waals surface area contributed by atoms with Crippen LogP contribution < -0.4 is 5.32 Å². The average molecular weight is 374 g/mol. The summed E-state index contributed by atoms with van der Waals surface area (Å²) < 4.78 is 1.77. The van der Waals surface area contributed by atoms with Gasteiger partial charge in [-0.05, 0) is 51.1 Å². The number of nitrogens with one attached hydrogen (secondary N) is 1. The number of hydrogen-bond donors (Lipinski definition) is 1. The third kappa shape index (κ3) is 3.99. The molecule has 26 heavy (non-hydrogen) atoms. The zero-order valence-corrected chi connectivity index (χ0v) is 16.2. The Hall–Kier alpha value is -1.73. The smallest absolute Gasteiger partial charge is 0.244 e. The van der Waals surface area contributed by atoms with Crippen LogP contribution in [0.15, 0.2) is 12.3 Å². The van der Waals surface area contributed by atoms with Crippen molar-refractivity contribution in [3.05, 3.63) is 33.5 Å². The van der Waals surface area contributed by atoms with Crippen LogP contribution in [0.5, 0.6) is 0 Å². The maximum atomic E-state index is 12.6. The summed E-state index contributed by atoms with van der Waals surface area (Å²) in [6.07, 6.45) is 9.04. The molecule has 1 unspecified atom stereocenters. The topological polar surface area (TPSA) is 63.1 Å². The molecule has 0 spiro atoms. The lowest BCUT2D eigenvalue weighted by Gasteiger charge is -2.20. The number of fused-ring (bicyclic) bond motifs is 1. The summed E-state index contributed by atoms with van der Waals surface area (Å²) in [5, 5.41) is 9.11. The number of nitrogens with zero attached hydrogens (tertiary/aromatic N) is 4. The number of rotatable bonds is 5. The lowest BCUT2D eigenvalue weighted by Crippen LogP contribution is -2.30. The second-order valence-corrected chi connectivity index (χ2v) is 8.58. The molecule has 0 saturated carbocycles. The molecule has 0 bridgehead atoms. The summed E-state index contributed by atoms with van der Waals surface area (Å²) in [5.74, 6) is 0.550. The molecule has 0 radical (unpaired) electrons. The van der Waals surface area contributed by atoms with E-state index in [4.69, 9.17) is 4.98 Å². The van der Waals surface area contributed by atoms with Crippen LogP contribution >= 0.6 is 11.3 Å². The third-order valence-electron chi connectivity index (χ3n) is 5.36. The molecule has 4 rings (SSSR count). The number of aryl methyl sites for hydroxylation is 2. The van der Waals surface area contributed by atoms with Crippen molar-refractivity contribution in [2.75, 3.05) is 20.1 Å². The van der Waals surface area contributed by atoms with Crippen molar-refractivity contribution in [3.8, 4) is 0 Å². The molecule has 2 aliphatic rings. The third-order valence-corrected chi connectivity index (χ3v) is 6.50. The van der Waals surface area contributed by atoms with Crippen molar-refractivity contribution in [2.45, 2.75) is 57.5 Å². The zero-order valence-electron chi connectivity index (χ0n) is 15.4. The maximum absolute atomic E-state index is 12.6. The Morgan fingerprint density at radius 3 is 3.08 bits per heavy atom. The van der Waals surface area contributed by atoms with E-state index in [0.29, 0.717) is 19.0 Å². The van der Waals surface area contributed by atoms with Crippen molar-refractivity contribution >= 4 is 17.2 Å². The van der Waals surface area contributed by atoms with Gasteiger partial charge in [0, 0.05) is 30.6 Å². The van der Waals surface area contributed by atoms with Crippen LogP contribution in [0.25, 0.3) is 0 Å². The summed E-state index contributed by atoms with van der Waals surface area (Å²) in [4.78, 5) is 20.5. The number of carbonyl (C=O) groups excluding carboxylic acids is 1. The molecule has 1 fully saturated rings. The fourth-order valence-electron chi connectivity index (χ4n) is 3.81. The molecule has 2 aromatic rings. The average Bonchev–Trinajstić information content (AvgIpc) is 3.28. The molecule has 0 aromatic carbocycles. The Bertz CT molecular complexity index is 738. The standard InChI is InChI=1S/C19H27N5OS/c1-23(12-18-21-16-6-2-3-7-17(16)26-18)19(25)13-24-10-8-15(22-24)14-5-4-9-20-11-14/h8,10,14,20H,2-7,9,11-13H2,1H3. The molecule has 1 aliphatic heterocycles. The molecule has 1 atom stereocenters. The molecule has 1 saturated heterocycles. The Kier molecular flexibility index (Phi) is 5.36. The van der Waals surface area contributed by atoms with E-state index in [0.717, 1.165) is 36.6 Å². The van der Waals surface area contributed by atoms with Gasteiger partial charge in [-0.15, -0.1) is 11.3 Å². The fourth-order valence-corrected chi connectivity index (χ4v) is 5.02. The highest BCUT2D eigenvalue weighted by atomic mass is 32.1. The van der Waals surface area contributed by atoms with E-state index in [1.807, 2.05) is 13.2 Å². The van der Waals surface area contributed by atoms with Gasteiger partial charge >= 0.3 is 0 Å². The van der Waals surface area contributed by atoms with Crippen molar-refractivity contribution in [1.82, 2.24) is 25.0 Å². The van der Waals surface area contributed by atoms with Gasteiger partial charge in [0.1, 0.15) is 11.6 Å². The van der Waals surface area contributed by atoms with E-state index in [9.17, 15) is 4.79 Å². The summed E-state index contributed by atoms with van der Waals surface area (Å²) in [7, 11) is 1.86. The molecule has 2 aromatic heterocycles. The SMILES string of the molecule is CN(Cc1nc2c(s1)CCCC2)C(=O)Cn1ccc(C2CCCNC2)n1. The Balaban J connectivity index is 1.34. The van der Waals surface area contributed by atoms with Gasteiger partial charge in [-0.25, -0.2) is 4.98 Å². The molecule has 3 heterocycles. The number of carbonyl (C=O) groups is 1. The summed E-state index contributed by atoms with van der Waals surface area (Å²) in [5.41, 5.74) is 2.36. The van der Waals surface area contributed by atoms with Crippen molar-refractivity contribution in [3.63, 3.8) is 0 Å². The van der Waals surface area contributed by atoms with Crippen LogP contribution in [0.3, 0.4) is 0 Å². The lowest BCUT2D eigenvalue weighted by atomic mass is 9.97. The van der Waals surface area contributed by atoms with Crippen LogP contribution in [0, 0.1) is 0 Å². The summed E-state index contributed by atoms with van der Waals surface area (Å²) in [6.45, 7) is 2.97. The molecule has 140 valence electrons. The van der Waals surface area contributed by atoms with E-state index >= 15 is 0 Å². The van der Waals surface area contributed by atoms with Crippen LogP contribution in [0.2, 0.25) is 0 Å². The molecule has 1 aliphatic carbocycles. The van der Waals surface area contributed by atoms with Crippen LogP contribution in [-0.4, -0.2) is 45.7 Å². The normalized spacial score (nSPS) is 20.0. The van der Waals surface area contributed by atoms with Gasteiger partial charge in [-0.2, -0.15) is 5.10 Å². The van der Waals surface area contributed by atoms with Gasteiger partial charge in [0.2, 0.25) is 5.91 Å².